The Labute approximate surface area is 172 Å². The van der Waals surface area contributed by atoms with Crippen molar-refractivity contribution < 1.29 is 9.53 Å². The van der Waals surface area contributed by atoms with Gasteiger partial charge in [-0.25, -0.2) is 4.79 Å². The number of amides is 1. The van der Waals surface area contributed by atoms with Crippen molar-refractivity contribution >= 4 is 17.7 Å². The fourth-order valence-corrected chi connectivity index (χ4v) is 1.45. The molecule has 28 heavy (non-hydrogen) atoms. The van der Waals surface area contributed by atoms with Crippen LogP contribution < -0.4 is 5.32 Å². The van der Waals surface area contributed by atoms with E-state index in [1.165, 1.54) is 24.4 Å². The number of carbonyl (C=O) groups excluding carboxylic acids is 1. The normalized spacial score (nSPS) is 7.50. The molecule has 0 fully saturated rings. The molecule has 0 saturated carbocycles. The van der Waals surface area contributed by atoms with Gasteiger partial charge in [0.2, 0.25) is 0 Å². The monoisotopic (exact) mass is 383 g/mol. The highest BCUT2D eigenvalue weighted by Gasteiger charge is 1.87. The van der Waals surface area contributed by atoms with Gasteiger partial charge in [0.05, 0.1) is 7.11 Å². The van der Waals surface area contributed by atoms with Gasteiger partial charge in [-0.3, -0.25) is 5.32 Å². The zero-order chi connectivity index (χ0) is 22.2. The minimum Gasteiger partial charge on any atom is -0.453 e. The highest BCUT2D eigenvalue weighted by Crippen LogP contribution is 2.08. The standard InChI is InChI=1S/C9H10.C8H8.C4H7NO2.2C2H6/c1-8(2)9-6-4-3-5-7-9;1-2-8-6-4-3-5-7-8;1-3-5-4(6)7-2;2*1-2/h3-7H,1H2,2H3;2-7H,1H2;3H,1H2,2H3,(H,5,6);2*1-2H3. The summed E-state index contributed by atoms with van der Waals surface area (Å²) < 4.78 is 4.17. The van der Waals surface area contributed by atoms with Crippen LogP contribution in [0.5, 0.6) is 0 Å². The van der Waals surface area contributed by atoms with E-state index >= 15 is 0 Å². The van der Waals surface area contributed by atoms with Crippen LogP contribution in [0.3, 0.4) is 0 Å². The van der Waals surface area contributed by atoms with E-state index in [2.05, 4.69) is 41.9 Å². The number of rotatable bonds is 3. The first kappa shape index (κ1) is 29.7. The first-order chi connectivity index (χ1) is 13.5. The number of methoxy groups -OCH3 is 1. The predicted molar refractivity (Wildman–Crippen MR) is 126 cm³/mol. The molecule has 0 bridgehead atoms. The third kappa shape index (κ3) is 19.3. The Balaban J connectivity index is -0.000000309. The van der Waals surface area contributed by atoms with Gasteiger partial charge in [-0.2, -0.15) is 0 Å². The quantitative estimate of drug-likeness (QED) is 0.593. The van der Waals surface area contributed by atoms with Crippen molar-refractivity contribution in [2.24, 2.45) is 0 Å². The molecule has 2 aromatic rings. The Bertz CT molecular complexity index is 620. The largest absolute Gasteiger partial charge is 0.453 e. The van der Waals surface area contributed by atoms with Crippen molar-refractivity contribution in [2.75, 3.05) is 7.11 Å². The Morgan fingerprint density at radius 3 is 1.54 bits per heavy atom. The molecule has 3 heteroatoms. The van der Waals surface area contributed by atoms with Gasteiger partial charge in [-0.15, -0.1) is 0 Å². The lowest BCUT2D eigenvalue weighted by molar-refractivity contribution is 0.175. The van der Waals surface area contributed by atoms with Crippen molar-refractivity contribution in [1.29, 1.82) is 0 Å². The second kappa shape index (κ2) is 23.9. The molecular formula is C25H37NO2. The van der Waals surface area contributed by atoms with E-state index in [-0.39, 0.29) is 0 Å². The van der Waals surface area contributed by atoms with Gasteiger partial charge in [0.15, 0.2) is 0 Å². The van der Waals surface area contributed by atoms with Gasteiger partial charge in [0.1, 0.15) is 0 Å². The van der Waals surface area contributed by atoms with Crippen LogP contribution >= 0.6 is 0 Å². The molecule has 3 nitrogen and oxygen atoms in total. The van der Waals surface area contributed by atoms with Gasteiger partial charge < -0.3 is 4.74 Å². The van der Waals surface area contributed by atoms with Crippen LogP contribution in [0.1, 0.15) is 45.7 Å². The molecule has 0 spiro atoms. The number of nitrogens with one attached hydrogen (secondary N) is 1. The topological polar surface area (TPSA) is 38.3 Å². The summed E-state index contributed by atoms with van der Waals surface area (Å²) >= 11 is 0. The summed E-state index contributed by atoms with van der Waals surface area (Å²) in [5.41, 5.74) is 3.51. The Kier molecular flexibility index (Phi) is 25.4. The van der Waals surface area contributed by atoms with E-state index in [4.69, 9.17) is 0 Å². The second-order valence-corrected chi connectivity index (χ2v) is 4.60. The highest BCUT2D eigenvalue weighted by atomic mass is 16.5. The molecule has 0 aliphatic rings. The zero-order valence-electron chi connectivity index (χ0n) is 18.4. The summed E-state index contributed by atoms with van der Waals surface area (Å²) in [5.74, 6) is 0. The van der Waals surface area contributed by atoms with Crippen LogP contribution in [-0.2, 0) is 4.74 Å². The first-order valence-corrected chi connectivity index (χ1v) is 9.39. The zero-order valence-corrected chi connectivity index (χ0v) is 18.4. The average Bonchev–Trinajstić information content (AvgIpc) is 2.78. The molecule has 2 rings (SSSR count). The molecule has 154 valence electrons. The Hall–Kier alpha value is -3.07. The number of benzene rings is 2. The lowest BCUT2D eigenvalue weighted by Crippen LogP contribution is -2.15. The maximum atomic E-state index is 10.0. The van der Waals surface area contributed by atoms with Gasteiger partial charge in [-0.05, 0) is 24.3 Å². The number of alkyl carbamates (subject to hydrolysis) is 1. The van der Waals surface area contributed by atoms with Crippen LogP contribution in [0, 0.1) is 0 Å². The van der Waals surface area contributed by atoms with E-state index in [9.17, 15) is 4.79 Å². The molecule has 0 unspecified atom stereocenters. The summed E-state index contributed by atoms with van der Waals surface area (Å²) in [7, 11) is 1.29. The number of hydrogen-bond donors (Lipinski definition) is 1. The lowest BCUT2D eigenvalue weighted by Gasteiger charge is -1.94. The fourth-order valence-electron chi connectivity index (χ4n) is 1.45. The molecule has 0 saturated heterocycles. The minimum absolute atomic E-state index is 0.491. The minimum atomic E-state index is -0.491. The van der Waals surface area contributed by atoms with Crippen molar-refractivity contribution in [3.63, 3.8) is 0 Å². The molecule has 0 aromatic heterocycles. The summed E-state index contributed by atoms with van der Waals surface area (Å²) in [5, 5.41) is 2.20. The Morgan fingerprint density at radius 2 is 1.32 bits per heavy atom. The SMILES string of the molecule is C=C(C)c1ccccc1.C=CNC(=O)OC.C=Cc1ccccc1.CC.CC. The second-order valence-electron chi connectivity index (χ2n) is 4.60. The van der Waals surface area contributed by atoms with Crippen LogP contribution in [-0.4, -0.2) is 13.2 Å². The van der Waals surface area contributed by atoms with E-state index in [0.717, 1.165) is 5.57 Å². The molecule has 0 aliphatic carbocycles. The molecule has 0 aliphatic heterocycles. The van der Waals surface area contributed by atoms with Crippen LogP contribution in [0.25, 0.3) is 11.6 Å². The summed E-state index contributed by atoms with van der Waals surface area (Å²) in [6, 6.07) is 20.2. The molecule has 1 amide bonds. The summed E-state index contributed by atoms with van der Waals surface area (Å²) in [6.45, 7) is 20.7. The maximum absolute atomic E-state index is 10.0. The van der Waals surface area contributed by atoms with Crippen LogP contribution in [0.2, 0.25) is 0 Å². The van der Waals surface area contributed by atoms with Gasteiger partial charge in [0, 0.05) is 0 Å². The fraction of sp³-hybridized carbons (Fsp3) is 0.240. The maximum Gasteiger partial charge on any atom is 0.410 e. The van der Waals surface area contributed by atoms with E-state index in [0.29, 0.717) is 0 Å². The van der Waals surface area contributed by atoms with Gasteiger partial charge in [0.25, 0.3) is 0 Å². The third-order valence-corrected chi connectivity index (χ3v) is 2.71. The highest BCUT2D eigenvalue weighted by molar-refractivity contribution is 5.67. The number of allylic oxidation sites excluding steroid dienone is 1. The smallest absolute Gasteiger partial charge is 0.410 e. The summed E-state index contributed by atoms with van der Waals surface area (Å²) in [4.78, 5) is 10.0. The van der Waals surface area contributed by atoms with Crippen molar-refractivity contribution in [3.05, 3.63) is 97.7 Å². The van der Waals surface area contributed by atoms with Crippen molar-refractivity contribution in [1.82, 2.24) is 5.32 Å². The van der Waals surface area contributed by atoms with E-state index in [1.807, 2.05) is 89.2 Å². The Morgan fingerprint density at radius 1 is 0.893 bits per heavy atom. The number of ether oxygens (including phenoxy) is 1. The lowest BCUT2D eigenvalue weighted by atomic mass is 10.1. The number of hydrogen-bond acceptors (Lipinski definition) is 2. The van der Waals surface area contributed by atoms with Crippen LogP contribution in [0.4, 0.5) is 4.79 Å². The van der Waals surface area contributed by atoms with Gasteiger partial charge in [-0.1, -0.05) is 120 Å². The third-order valence-electron chi connectivity index (χ3n) is 2.71. The van der Waals surface area contributed by atoms with Crippen LogP contribution in [0.15, 0.2) is 86.6 Å². The van der Waals surface area contributed by atoms with Crippen molar-refractivity contribution in [2.45, 2.75) is 34.6 Å². The predicted octanol–water partition coefficient (Wildman–Crippen LogP) is 7.59. The van der Waals surface area contributed by atoms with E-state index in [1.54, 1.807) is 0 Å². The van der Waals surface area contributed by atoms with E-state index < -0.39 is 6.09 Å². The van der Waals surface area contributed by atoms with Gasteiger partial charge >= 0.3 is 6.09 Å². The molecule has 0 heterocycles. The molecular weight excluding hydrogens is 346 g/mol. The average molecular weight is 384 g/mol. The molecule has 1 N–H and O–H groups in total. The molecule has 0 atom stereocenters. The number of carbonyl (C=O) groups is 1. The van der Waals surface area contributed by atoms with Crippen molar-refractivity contribution in [3.8, 4) is 0 Å². The molecule has 0 radical (unpaired) electrons. The first-order valence-electron chi connectivity index (χ1n) is 9.39. The summed E-state index contributed by atoms with van der Waals surface area (Å²) in [6.07, 6.45) is 2.60. The molecule has 2 aromatic carbocycles.